The Bertz CT molecular complexity index is 2390. The maximum atomic E-state index is 16.6. The van der Waals surface area contributed by atoms with Crippen molar-refractivity contribution in [3.8, 4) is 5.75 Å². The summed E-state index contributed by atoms with van der Waals surface area (Å²) in [7, 11) is -4.45. The fourth-order valence-corrected chi connectivity index (χ4v) is 12.5. The van der Waals surface area contributed by atoms with Crippen molar-refractivity contribution in [3.63, 3.8) is 0 Å². The number of amides is 3. The minimum Gasteiger partial charge on any atom is -0.465 e. The highest BCUT2D eigenvalue weighted by molar-refractivity contribution is 7.57. The minimum absolute atomic E-state index is 0.0328. The summed E-state index contributed by atoms with van der Waals surface area (Å²) in [5.74, 6) is -2.46. The molecule has 4 aliphatic heterocycles. The topological polar surface area (TPSA) is 160 Å². The number of fused-ring (bicyclic) bond motifs is 3. The Labute approximate surface area is 370 Å². The summed E-state index contributed by atoms with van der Waals surface area (Å²) in [6.07, 6.45) is 8.02. The standard InChI is InChI=1S/C46H54FN6O8PS/c1-3-17-60-46(57)28(2)50-62(58,61-35-7-5-4-6-8-35)42(47)29-9-12-40-32(20-29)24-41(63-40)43(54)49-37-23-31-21-30(31)22-34-10-11-39(53(34)44(37)55)45(56)52-26-33(27-52)36-25-48-14-13-38(36)51-15-18-59-19-16-51/h4-9,12-14,20,24-25,28,30-31,33-34,37,39,42H,3,10-11,15-19,21-23,26-27H2,1-2H3,(H,49,54)(H,50,58)/t28-,30-,31+,34+,37-,39-,42-,62-/m0/s1. The second-order valence-corrected chi connectivity index (χ2v) is 20.7. The number of ether oxygens (including phenoxy) is 2. The first-order valence-corrected chi connectivity index (χ1v) is 24.7. The molecule has 0 unspecified atom stereocenters. The number of para-hydroxylation sites is 1. The molecule has 6 heterocycles. The fraction of sp³-hybridized carbons (Fsp3) is 0.500. The lowest BCUT2D eigenvalue weighted by Crippen LogP contribution is -2.59. The number of pyridine rings is 1. The number of alkyl halides is 1. The predicted octanol–water partition coefficient (Wildman–Crippen LogP) is 6.82. The van der Waals surface area contributed by atoms with Crippen molar-refractivity contribution in [3.05, 3.63) is 89.1 Å². The molecule has 5 fully saturated rings. The summed E-state index contributed by atoms with van der Waals surface area (Å²) < 4.78 is 48.2. The molecule has 1 aliphatic carbocycles. The van der Waals surface area contributed by atoms with Crippen LogP contribution in [-0.4, -0.2) is 109 Å². The highest BCUT2D eigenvalue weighted by Gasteiger charge is 2.53. The summed E-state index contributed by atoms with van der Waals surface area (Å²) in [5.41, 5.74) is 2.30. The van der Waals surface area contributed by atoms with Gasteiger partial charge in [-0.1, -0.05) is 31.2 Å². The van der Waals surface area contributed by atoms with E-state index < -0.39 is 43.4 Å². The number of hydrogen-bond acceptors (Lipinski definition) is 11. The normalized spacial score (nSPS) is 25.4. The maximum absolute atomic E-state index is 16.6. The van der Waals surface area contributed by atoms with Gasteiger partial charge in [-0.3, -0.25) is 28.7 Å². The van der Waals surface area contributed by atoms with E-state index >= 15 is 4.39 Å². The van der Waals surface area contributed by atoms with E-state index in [4.69, 9.17) is 14.0 Å². The molecule has 2 aromatic carbocycles. The summed E-state index contributed by atoms with van der Waals surface area (Å²) >= 11 is 1.21. The molecule has 8 atom stereocenters. The quantitative estimate of drug-likeness (QED) is 0.101. The third kappa shape index (κ3) is 9.09. The maximum Gasteiger partial charge on any atom is 0.355 e. The van der Waals surface area contributed by atoms with E-state index in [1.807, 2.05) is 24.1 Å². The largest absolute Gasteiger partial charge is 0.465 e. The molecule has 0 bridgehead atoms. The van der Waals surface area contributed by atoms with Crippen molar-refractivity contribution < 1.29 is 42.1 Å². The molecule has 14 nitrogen and oxygen atoms in total. The van der Waals surface area contributed by atoms with E-state index in [0.717, 1.165) is 43.6 Å². The molecule has 63 heavy (non-hydrogen) atoms. The highest BCUT2D eigenvalue weighted by Crippen LogP contribution is 2.58. The number of benzene rings is 2. The number of likely N-dealkylation sites (tertiary alicyclic amines) is 1. The van der Waals surface area contributed by atoms with Crippen LogP contribution in [0.3, 0.4) is 0 Å². The zero-order chi connectivity index (χ0) is 43.8. The van der Waals surface area contributed by atoms with Gasteiger partial charge >= 0.3 is 13.5 Å². The lowest BCUT2D eigenvalue weighted by atomic mass is 9.90. The molecule has 2 aromatic heterocycles. The summed E-state index contributed by atoms with van der Waals surface area (Å²) in [6.45, 7) is 7.55. The van der Waals surface area contributed by atoms with Gasteiger partial charge in [-0.05, 0) is 105 Å². The van der Waals surface area contributed by atoms with Crippen molar-refractivity contribution in [2.24, 2.45) is 11.8 Å². The second-order valence-electron chi connectivity index (χ2n) is 17.5. The van der Waals surface area contributed by atoms with Gasteiger partial charge in [0.1, 0.15) is 23.9 Å². The van der Waals surface area contributed by atoms with Gasteiger partial charge in [-0.2, -0.15) is 0 Å². The van der Waals surface area contributed by atoms with Crippen molar-refractivity contribution in [2.45, 2.75) is 88.4 Å². The molecule has 3 amide bonds. The summed E-state index contributed by atoms with van der Waals surface area (Å²) in [5, 5.41) is 6.19. The van der Waals surface area contributed by atoms with Crippen LogP contribution in [0.4, 0.5) is 10.1 Å². The molecule has 1 saturated carbocycles. The smallest absolute Gasteiger partial charge is 0.355 e. The number of esters is 1. The van der Waals surface area contributed by atoms with Gasteiger partial charge in [0.2, 0.25) is 17.7 Å². The van der Waals surface area contributed by atoms with E-state index in [2.05, 4.69) is 20.3 Å². The molecule has 4 saturated heterocycles. The first-order valence-electron chi connectivity index (χ1n) is 22.1. The molecule has 0 spiro atoms. The van der Waals surface area contributed by atoms with Crippen LogP contribution >= 0.6 is 18.9 Å². The Morgan fingerprint density at radius 2 is 1.79 bits per heavy atom. The van der Waals surface area contributed by atoms with Gasteiger partial charge in [0.05, 0.1) is 24.7 Å². The van der Waals surface area contributed by atoms with Crippen LogP contribution in [0.2, 0.25) is 0 Å². The Morgan fingerprint density at radius 3 is 2.57 bits per heavy atom. The highest BCUT2D eigenvalue weighted by atomic mass is 32.1. The molecule has 5 aliphatic rings. The van der Waals surface area contributed by atoms with Crippen LogP contribution < -0.4 is 19.8 Å². The number of nitrogens with zero attached hydrogens (tertiary/aromatic N) is 4. The summed E-state index contributed by atoms with van der Waals surface area (Å²) in [6, 6.07) is 14.0. The number of aromatic nitrogens is 1. The Balaban J connectivity index is 0.887. The number of thiophene rings is 1. The molecule has 2 N–H and O–H groups in total. The molecule has 334 valence electrons. The molecule has 4 aromatic rings. The van der Waals surface area contributed by atoms with E-state index in [-0.39, 0.29) is 41.7 Å². The lowest BCUT2D eigenvalue weighted by molar-refractivity contribution is -0.149. The van der Waals surface area contributed by atoms with Crippen LogP contribution in [0.15, 0.2) is 73.1 Å². The van der Waals surface area contributed by atoms with Crippen LogP contribution in [0, 0.1) is 11.8 Å². The first-order chi connectivity index (χ1) is 30.5. The van der Waals surface area contributed by atoms with Gasteiger partial charge in [0.15, 0.2) is 0 Å². The predicted molar refractivity (Wildman–Crippen MR) is 237 cm³/mol. The van der Waals surface area contributed by atoms with Crippen molar-refractivity contribution in [1.82, 2.24) is 25.2 Å². The number of nitrogens with one attached hydrogen (secondary N) is 2. The minimum atomic E-state index is -4.45. The Morgan fingerprint density at radius 1 is 1.02 bits per heavy atom. The summed E-state index contributed by atoms with van der Waals surface area (Å²) in [4.78, 5) is 66.1. The lowest BCUT2D eigenvalue weighted by Gasteiger charge is -2.44. The zero-order valence-electron chi connectivity index (χ0n) is 35.5. The monoisotopic (exact) mass is 900 g/mol. The van der Waals surface area contributed by atoms with Gasteiger partial charge in [0.25, 0.3) is 5.91 Å². The average Bonchev–Trinajstić information content (AvgIpc) is 3.62. The Kier molecular flexibility index (Phi) is 12.6. The van der Waals surface area contributed by atoms with E-state index in [1.54, 1.807) is 53.6 Å². The van der Waals surface area contributed by atoms with Crippen LogP contribution in [0.1, 0.15) is 85.0 Å². The van der Waals surface area contributed by atoms with Gasteiger partial charge in [-0.25, -0.2) is 9.48 Å². The molecule has 9 rings (SSSR count). The van der Waals surface area contributed by atoms with Crippen LogP contribution in [-0.2, 0) is 28.4 Å². The SMILES string of the molecule is CCCOC(=O)[C@H](C)N[P@@](=O)(Oc1ccccc1)[C@H](F)c1ccc2sc(C(=O)N[C@H]3C[C@H]4C[C@H]4C[C@H]4CC[C@@H](C(=O)N5CC(c6cnccc6N6CCOCC6)C5)N4C3=O)cc2c1. The molecule has 0 radical (unpaired) electrons. The van der Waals surface area contributed by atoms with Gasteiger partial charge < -0.3 is 34.0 Å². The van der Waals surface area contributed by atoms with Crippen LogP contribution in [0.25, 0.3) is 10.1 Å². The molecular weight excluding hydrogens is 847 g/mol. The van der Waals surface area contributed by atoms with Gasteiger partial charge in [0, 0.05) is 66.5 Å². The van der Waals surface area contributed by atoms with Gasteiger partial charge in [-0.15, -0.1) is 11.3 Å². The van der Waals surface area contributed by atoms with Crippen molar-refractivity contribution in [1.29, 1.82) is 0 Å². The fourth-order valence-electron chi connectivity index (χ4n) is 9.68. The van der Waals surface area contributed by atoms with E-state index in [1.165, 1.54) is 30.4 Å². The number of anilines is 1. The number of rotatable bonds is 14. The first kappa shape index (κ1) is 43.4. The van der Waals surface area contributed by atoms with Crippen molar-refractivity contribution >= 4 is 58.3 Å². The van der Waals surface area contributed by atoms with E-state index in [9.17, 15) is 23.7 Å². The number of morpholine rings is 1. The second kappa shape index (κ2) is 18.3. The molecule has 17 heteroatoms. The molecular formula is C46H54FN6O8PS. The number of hydrogen-bond donors (Lipinski definition) is 2. The zero-order valence-corrected chi connectivity index (χ0v) is 37.2. The van der Waals surface area contributed by atoms with Crippen LogP contribution in [0.5, 0.6) is 5.75 Å². The third-order valence-electron chi connectivity index (χ3n) is 13.1. The van der Waals surface area contributed by atoms with E-state index in [0.29, 0.717) is 72.4 Å². The Hall–Kier alpha value is -4.89. The average molecular weight is 901 g/mol. The van der Waals surface area contributed by atoms with Crippen molar-refractivity contribution in [2.75, 3.05) is 50.9 Å². The third-order valence-corrected chi connectivity index (χ3v) is 16.4. The number of halogens is 1. The number of carbonyl (C=O) groups is 4. The number of carbonyl (C=O) groups excluding carboxylic acids is 4.